The van der Waals surface area contributed by atoms with Gasteiger partial charge in [0.05, 0.1) is 44.3 Å². The molecule has 0 radical (unpaired) electrons. The highest BCUT2D eigenvalue weighted by atomic mass is 32.1. The lowest BCUT2D eigenvalue weighted by Gasteiger charge is -2.20. The molecule has 2 unspecified atom stereocenters. The molecule has 0 fully saturated rings. The number of thiophene rings is 3. The Kier molecular flexibility index (Phi) is 12.5. The fourth-order valence-corrected chi connectivity index (χ4v) is 11.9. The molecule has 2 atom stereocenters. The van der Waals surface area contributed by atoms with Crippen LogP contribution in [-0.2, 0) is 10.8 Å². The van der Waals surface area contributed by atoms with Crippen molar-refractivity contribution < 1.29 is 19.1 Å². The van der Waals surface area contributed by atoms with Crippen molar-refractivity contribution in [3.05, 3.63) is 75.5 Å². The molecule has 0 spiro atoms. The Bertz CT molecular complexity index is 2380. The van der Waals surface area contributed by atoms with Gasteiger partial charge in [-0.1, -0.05) is 138 Å². The van der Waals surface area contributed by atoms with Crippen LogP contribution in [0, 0.1) is 11.8 Å². The molecule has 58 heavy (non-hydrogen) atoms. The highest BCUT2D eigenvalue weighted by Crippen LogP contribution is 2.55. The number of unbranched alkanes of at least 4 members (excludes halogenated alkanes) is 2. The van der Waals surface area contributed by atoms with E-state index in [1.165, 1.54) is 35.5 Å². The fourth-order valence-electron chi connectivity index (χ4n) is 8.08. The second kappa shape index (κ2) is 17.1. The first-order chi connectivity index (χ1) is 27.7. The number of benzene rings is 3. The first kappa shape index (κ1) is 42.4. The SMILES string of the molecule is CCCCC(CC)COc1c2cc(C(C)(C)C)sc2c(OCC(CC)CCCC)c2cc(-c3sc(C(C)(C)C)c4c3C(=O)N(c3ccc5ccccc5c3)C4=O)sc12. The van der Waals surface area contributed by atoms with Crippen molar-refractivity contribution in [3.8, 4) is 21.3 Å². The molecule has 7 rings (SSSR count). The van der Waals surface area contributed by atoms with E-state index < -0.39 is 0 Å². The van der Waals surface area contributed by atoms with Gasteiger partial charge in [0.25, 0.3) is 11.8 Å². The number of nitrogens with zero attached hydrogens (tertiary/aromatic N) is 1. The Labute approximate surface area is 357 Å². The monoisotopic (exact) mass is 835 g/mol. The van der Waals surface area contributed by atoms with E-state index in [1.54, 1.807) is 22.7 Å². The molecule has 2 amide bonds. The summed E-state index contributed by atoms with van der Waals surface area (Å²) in [5, 5.41) is 4.20. The Balaban J connectivity index is 1.43. The minimum atomic E-state index is -0.352. The van der Waals surface area contributed by atoms with Crippen LogP contribution in [0.25, 0.3) is 40.7 Å². The van der Waals surface area contributed by atoms with Crippen LogP contribution in [0.4, 0.5) is 5.69 Å². The van der Waals surface area contributed by atoms with E-state index in [0.29, 0.717) is 41.9 Å². The minimum absolute atomic E-state index is 0.0400. The predicted octanol–water partition coefficient (Wildman–Crippen LogP) is 15.6. The summed E-state index contributed by atoms with van der Waals surface area (Å²) in [4.78, 5) is 34.8. The number of carbonyl (C=O) groups excluding carboxylic acids is 2. The smallest absolute Gasteiger partial charge is 0.267 e. The zero-order valence-electron chi connectivity index (χ0n) is 36.2. The second-order valence-electron chi connectivity index (χ2n) is 18.3. The molecule has 0 saturated heterocycles. The van der Waals surface area contributed by atoms with Crippen LogP contribution in [0.3, 0.4) is 0 Å². The van der Waals surface area contributed by atoms with Crippen molar-refractivity contribution in [2.45, 2.75) is 131 Å². The van der Waals surface area contributed by atoms with Crippen molar-refractivity contribution in [3.63, 3.8) is 0 Å². The standard InChI is InChI=1S/C50H61NO4S3/c1-11-15-19-30(13-3)28-54-41-35-26-37(56-43(35)42(55-29-31(14-4)20-16-12-2)36-27-38(49(5,6)7)57-44(36)41)45-39-40(46(58-45)50(8,9)10)48(53)51(47(39)52)34-24-23-32-21-17-18-22-33(32)25-34/h17-18,21-27,30-31H,11-16,19-20,28-29H2,1-10H3. The molecule has 5 nitrogen and oxygen atoms in total. The van der Waals surface area contributed by atoms with Crippen molar-refractivity contribution in [2.24, 2.45) is 11.8 Å². The maximum atomic E-state index is 14.8. The van der Waals surface area contributed by atoms with Crippen LogP contribution < -0.4 is 14.4 Å². The van der Waals surface area contributed by atoms with Gasteiger partial charge in [0.15, 0.2) is 0 Å². The first-order valence-corrected chi connectivity index (χ1v) is 24.0. The van der Waals surface area contributed by atoms with E-state index in [4.69, 9.17) is 9.47 Å². The zero-order chi connectivity index (χ0) is 41.5. The van der Waals surface area contributed by atoms with E-state index in [0.717, 1.165) is 82.8 Å². The molecule has 308 valence electrons. The summed E-state index contributed by atoms with van der Waals surface area (Å²) in [6.45, 7) is 23.6. The van der Waals surface area contributed by atoms with Gasteiger partial charge in [-0.2, -0.15) is 0 Å². The Morgan fingerprint density at radius 3 is 1.78 bits per heavy atom. The van der Waals surface area contributed by atoms with Gasteiger partial charge in [-0.15, -0.1) is 34.0 Å². The number of ether oxygens (including phenoxy) is 2. The number of fused-ring (bicyclic) bond motifs is 4. The summed E-state index contributed by atoms with van der Waals surface area (Å²) in [5.41, 5.74) is 1.25. The normalized spacial score (nSPS) is 14.6. The zero-order valence-corrected chi connectivity index (χ0v) is 38.7. The molecule has 0 saturated carbocycles. The highest BCUT2D eigenvalue weighted by Gasteiger charge is 2.45. The Hall–Kier alpha value is -3.72. The molecule has 8 heteroatoms. The van der Waals surface area contributed by atoms with Crippen LogP contribution in [-0.4, -0.2) is 25.0 Å². The number of hydrogen-bond donors (Lipinski definition) is 0. The van der Waals surface area contributed by atoms with Crippen molar-refractivity contribution in [2.75, 3.05) is 18.1 Å². The lowest BCUT2D eigenvalue weighted by molar-refractivity contribution is 0.0925. The van der Waals surface area contributed by atoms with E-state index in [-0.39, 0.29) is 22.6 Å². The third-order valence-electron chi connectivity index (χ3n) is 11.8. The fraction of sp³-hybridized carbons (Fsp3) is 0.480. The van der Waals surface area contributed by atoms with Gasteiger partial charge >= 0.3 is 0 Å². The molecule has 0 bridgehead atoms. The molecule has 6 aromatic rings. The molecule has 3 aromatic heterocycles. The Morgan fingerprint density at radius 1 is 0.638 bits per heavy atom. The van der Waals surface area contributed by atoms with Crippen molar-refractivity contribution in [1.82, 2.24) is 0 Å². The summed E-state index contributed by atoms with van der Waals surface area (Å²) in [7, 11) is 0. The largest absolute Gasteiger partial charge is 0.491 e. The van der Waals surface area contributed by atoms with Crippen molar-refractivity contribution >= 4 is 82.5 Å². The van der Waals surface area contributed by atoms with Crippen LogP contribution >= 0.6 is 34.0 Å². The van der Waals surface area contributed by atoms with E-state index >= 15 is 0 Å². The Morgan fingerprint density at radius 2 is 1.21 bits per heavy atom. The minimum Gasteiger partial charge on any atom is -0.491 e. The highest BCUT2D eigenvalue weighted by molar-refractivity contribution is 7.27. The summed E-state index contributed by atoms with van der Waals surface area (Å²) >= 11 is 5.09. The lowest BCUT2D eigenvalue weighted by atomic mass is 9.90. The maximum Gasteiger partial charge on any atom is 0.267 e. The number of rotatable bonds is 16. The van der Waals surface area contributed by atoms with Crippen LogP contribution in [0.1, 0.15) is 151 Å². The van der Waals surface area contributed by atoms with Gasteiger partial charge in [-0.3, -0.25) is 9.59 Å². The molecule has 1 aliphatic heterocycles. The topological polar surface area (TPSA) is 55.8 Å². The second-order valence-corrected chi connectivity index (χ2v) is 21.4. The third kappa shape index (κ3) is 8.10. The average molecular weight is 836 g/mol. The molecular weight excluding hydrogens is 775 g/mol. The molecular formula is C50H61NO4S3. The first-order valence-electron chi connectivity index (χ1n) is 21.5. The quantitative estimate of drug-likeness (QED) is 0.0912. The van der Waals surface area contributed by atoms with Gasteiger partial charge in [0.1, 0.15) is 11.5 Å². The summed E-state index contributed by atoms with van der Waals surface area (Å²) in [6, 6.07) is 18.5. The number of imide groups is 1. The van der Waals surface area contributed by atoms with Gasteiger partial charge in [-0.25, -0.2) is 4.90 Å². The average Bonchev–Trinajstić information content (AvgIpc) is 3.98. The number of anilines is 1. The predicted molar refractivity (Wildman–Crippen MR) is 251 cm³/mol. The third-order valence-corrected chi connectivity index (χ3v) is 16.2. The van der Waals surface area contributed by atoms with Crippen molar-refractivity contribution in [1.29, 1.82) is 0 Å². The van der Waals surface area contributed by atoms with Crippen LogP contribution in [0.2, 0.25) is 0 Å². The van der Waals surface area contributed by atoms with Gasteiger partial charge in [-0.05, 0) is 70.5 Å². The van der Waals surface area contributed by atoms with E-state index in [9.17, 15) is 9.59 Å². The van der Waals surface area contributed by atoms with Crippen LogP contribution in [0.15, 0.2) is 54.6 Å². The van der Waals surface area contributed by atoms with E-state index in [2.05, 4.69) is 81.4 Å². The van der Waals surface area contributed by atoms with Gasteiger partial charge in [0.2, 0.25) is 0 Å². The molecule has 3 aromatic carbocycles. The van der Waals surface area contributed by atoms with Gasteiger partial charge < -0.3 is 9.47 Å². The molecule has 0 N–H and O–H groups in total. The summed E-state index contributed by atoms with van der Waals surface area (Å²) in [5.74, 6) is 2.24. The summed E-state index contributed by atoms with van der Waals surface area (Å²) in [6.07, 6.45) is 9.14. The lowest BCUT2D eigenvalue weighted by Crippen LogP contribution is -2.30. The molecule has 0 aliphatic carbocycles. The number of amides is 2. The van der Waals surface area contributed by atoms with E-state index in [1.807, 2.05) is 53.8 Å². The summed E-state index contributed by atoms with van der Waals surface area (Å²) < 4.78 is 16.3. The number of carbonyl (C=O) groups is 2. The number of hydrogen-bond acceptors (Lipinski definition) is 7. The van der Waals surface area contributed by atoms with Crippen LogP contribution in [0.5, 0.6) is 11.5 Å². The maximum absolute atomic E-state index is 14.8. The molecule has 4 heterocycles. The van der Waals surface area contributed by atoms with Gasteiger partial charge in [0, 0.05) is 25.4 Å². The molecule has 1 aliphatic rings.